The largest absolute Gasteiger partial charge is 0.235 e. The van der Waals surface area contributed by atoms with Crippen LogP contribution in [-0.2, 0) is 0 Å². The van der Waals surface area contributed by atoms with Crippen molar-refractivity contribution in [3.8, 4) is 0 Å². The fraction of sp³-hybridized carbons (Fsp3) is 0.600. The van der Waals surface area contributed by atoms with Crippen molar-refractivity contribution in [1.29, 1.82) is 0 Å². The summed E-state index contributed by atoms with van der Waals surface area (Å²) in [6.07, 6.45) is 0. The molecule has 0 radical (unpaired) electrons. The van der Waals surface area contributed by atoms with Crippen molar-refractivity contribution in [2.45, 2.75) is 19.9 Å². The highest BCUT2D eigenvalue weighted by atomic mass is 127. The van der Waals surface area contributed by atoms with Crippen LogP contribution in [0.1, 0.15) is 19.9 Å². The van der Waals surface area contributed by atoms with E-state index in [-0.39, 0.29) is 0 Å². The van der Waals surface area contributed by atoms with E-state index in [2.05, 4.69) is 62.7 Å². The lowest BCUT2D eigenvalue weighted by molar-refractivity contribution is 0.505. The van der Waals surface area contributed by atoms with Gasteiger partial charge >= 0.3 is 0 Å². The van der Waals surface area contributed by atoms with Crippen LogP contribution in [0.15, 0.2) is 4.60 Å². The zero-order valence-corrected chi connectivity index (χ0v) is 9.42. The maximum atomic E-state index is 3.93. The highest BCUT2D eigenvalue weighted by Crippen LogP contribution is 2.18. The molecule has 0 aromatic carbocycles. The molecule has 0 saturated carbocycles. The molecule has 0 unspecified atom stereocenters. The highest BCUT2D eigenvalue weighted by molar-refractivity contribution is 14.1. The van der Waals surface area contributed by atoms with Gasteiger partial charge in [-0.2, -0.15) is 0 Å². The van der Waals surface area contributed by atoms with Gasteiger partial charge in [-0.25, -0.2) is 4.68 Å². The Bertz CT molecular complexity index is 233. The summed E-state index contributed by atoms with van der Waals surface area (Å²) in [5.74, 6) is 0. The zero-order chi connectivity index (χ0) is 7.72. The lowest BCUT2D eigenvalue weighted by Gasteiger charge is -2.03. The van der Waals surface area contributed by atoms with Crippen LogP contribution < -0.4 is 0 Å². The monoisotopic (exact) mass is 315 g/mol. The molecule has 10 heavy (non-hydrogen) atoms. The third kappa shape index (κ3) is 1.50. The number of hydrogen-bond donors (Lipinski definition) is 0. The predicted molar refractivity (Wildman–Crippen MR) is 50.8 cm³/mol. The van der Waals surface area contributed by atoms with Crippen molar-refractivity contribution in [1.82, 2.24) is 15.0 Å². The average Bonchev–Trinajstić information content (AvgIpc) is 2.14. The van der Waals surface area contributed by atoms with E-state index in [9.17, 15) is 0 Å². The molecule has 1 heterocycles. The minimum absolute atomic E-state index is 0.366. The van der Waals surface area contributed by atoms with Gasteiger partial charge in [0.05, 0.1) is 0 Å². The van der Waals surface area contributed by atoms with Crippen LogP contribution in [0.2, 0.25) is 0 Å². The molecule has 0 amide bonds. The van der Waals surface area contributed by atoms with Gasteiger partial charge in [-0.05, 0) is 52.4 Å². The Morgan fingerprint density at radius 2 is 2.20 bits per heavy atom. The molecule has 0 spiro atoms. The summed E-state index contributed by atoms with van der Waals surface area (Å²) in [5, 5.41) is 7.82. The van der Waals surface area contributed by atoms with E-state index in [0.29, 0.717) is 6.04 Å². The number of halogens is 2. The van der Waals surface area contributed by atoms with Gasteiger partial charge in [0.25, 0.3) is 0 Å². The molecular weight excluding hydrogens is 309 g/mol. The van der Waals surface area contributed by atoms with Crippen LogP contribution in [0, 0.1) is 3.70 Å². The molecule has 0 saturated heterocycles. The molecule has 5 heteroatoms. The van der Waals surface area contributed by atoms with E-state index in [4.69, 9.17) is 0 Å². The first-order chi connectivity index (χ1) is 4.63. The summed E-state index contributed by atoms with van der Waals surface area (Å²) >= 11 is 5.52. The van der Waals surface area contributed by atoms with E-state index >= 15 is 0 Å². The molecule has 1 rings (SSSR count). The lowest BCUT2D eigenvalue weighted by atomic mass is 10.4. The van der Waals surface area contributed by atoms with Crippen LogP contribution in [0.3, 0.4) is 0 Å². The van der Waals surface area contributed by atoms with Gasteiger partial charge in [0, 0.05) is 6.04 Å². The first-order valence-electron chi connectivity index (χ1n) is 2.89. The van der Waals surface area contributed by atoms with E-state index in [1.54, 1.807) is 0 Å². The smallest absolute Gasteiger partial charge is 0.157 e. The third-order valence-electron chi connectivity index (χ3n) is 1.09. The molecule has 0 N–H and O–H groups in total. The van der Waals surface area contributed by atoms with Gasteiger partial charge in [0.1, 0.15) is 4.60 Å². The summed E-state index contributed by atoms with van der Waals surface area (Å²) in [5.41, 5.74) is 0. The molecule has 3 nitrogen and oxygen atoms in total. The van der Waals surface area contributed by atoms with E-state index in [1.165, 1.54) is 0 Å². The van der Waals surface area contributed by atoms with Crippen LogP contribution in [0.4, 0.5) is 0 Å². The first kappa shape index (κ1) is 8.45. The molecule has 1 aromatic rings. The van der Waals surface area contributed by atoms with Crippen LogP contribution >= 0.6 is 38.5 Å². The minimum atomic E-state index is 0.366. The molecule has 56 valence electrons. The second-order valence-electron chi connectivity index (χ2n) is 2.21. The van der Waals surface area contributed by atoms with Crippen molar-refractivity contribution in [2.24, 2.45) is 0 Å². The SMILES string of the molecule is CC(C)n1nnc(I)c1Br. The topological polar surface area (TPSA) is 30.7 Å². The van der Waals surface area contributed by atoms with E-state index < -0.39 is 0 Å². The minimum Gasteiger partial charge on any atom is -0.235 e. The van der Waals surface area contributed by atoms with Gasteiger partial charge in [-0.1, -0.05) is 5.21 Å². The standard InChI is InChI=1S/C5H7BrIN3/c1-3(2)10-4(6)5(7)8-9-10/h3H,1-2H3. The number of nitrogens with zero attached hydrogens (tertiary/aromatic N) is 3. The molecule has 0 bridgehead atoms. The van der Waals surface area contributed by atoms with E-state index in [1.807, 2.05) is 4.68 Å². The quantitative estimate of drug-likeness (QED) is 0.744. The molecule has 0 aliphatic rings. The van der Waals surface area contributed by atoms with Gasteiger partial charge in [-0.3, -0.25) is 0 Å². The fourth-order valence-corrected chi connectivity index (χ4v) is 1.50. The summed E-state index contributed by atoms with van der Waals surface area (Å²) in [6.45, 7) is 4.13. The molecule has 1 aromatic heterocycles. The van der Waals surface area contributed by atoms with Crippen molar-refractivity contribution in [3.63, 3.8) is 0 Å². The van der Waals surface area contributed by atoms with E-state index in [0.717, 1.165) is 8.30 Å². The summed E-state index contributed by atoms with van der Waals surface area (Å²) in [4.78, 5) is 0. The Kier molecular flexibility index (Phi) is 2.67. The summed E-state index contributed by atoms with van der Waals surface area (Å²) < 4.78 is 3.70. The van der Waals surface area contributed by atoms with Crippen LogP contribution in [0.25, 0.3) is 0 Å². The predicted octanol–water partition coefficient (Wildman–Crippen LogP) is 2.23. The maximum absolute atomic E-state index is 3.93. The average molecular weight is 316 g/mol. The Morgan fingerprint density at radius 1 is 1.60 bits per heavy atom. The second-order valence-corrected chi connectivity index (χ2v) is 3.98. The Labute approximate surface area is 81.5 Å². The zero-order valence-electron chi connectivity index (χ0n) is 5.67. The van der Waals surface area contributed by atoms with Gasteiger partial charge < -0.3 is 0 Å². The number of aromatic nitrogens is 3. The van der Waals surface area contributed by atoms with Crippen molar-refractivity contribution in [2.75, 3.05) is 0 Å². The number of rotatable bonds is 1. The Balaban J connectivity index is 3.05. The molecule has 0 aliphatic carbocycles. The first-order valence-corrected chi connectivity index (χ1v) is 4.76. The van der Waals surface area contributed by atoms with Crippen LogP contribution in [0.5, 0.6) is 0 Å². The normalized spacial score (nSPS) is 10.9. The summed E-state index contributed by atoms with van der Waals surface area (Å²) in [6, 6.07) is 0.366. The van der Waals surface area contributed by atoms with Crippen molar-refractivity contribution >= 4 is 38.5 Å². The van der Waals surface area contributed by atoms with Crippen molar-refractivity contribution < 1.29 is 0 Å². The fourth-order valence-electron chi connectivity index (χ4n) is 0.592. The molecule has 0 fully saturated rings. The molecule has 0 atom stereocenters. The lowest BCUT2D eigenvalue weighted by Crippen LogP contribution is -2.02. The van der Waals surface area contributed by atoms with Gasteiger partial charge in [-0.15, -0.1) is 5.10 Å². The Hall–Kier alpha value is 0.350. The van der Waals surface area contributed by atoms with Gasteiger partial charge in [0.15, 0.2) is 3.70 Å². The highest BCUT2D eigenvalue weighted by Gasteiger charge is 2.08. The second kappa shape index (κ2) is 3.17. The van der Waals surface area contributed by atoms with Crippen molar-refractivity contribution in [3.05, 3.63) is 8.30 Å². The molecular formula is C5H7BrIN3. The Morgan fingerprint density at radius 3 is 2.40 bits per heavy atom. The number of hydrogen-bond acceptors (Lipinski definition) is 2. The van der Waals surface area contributed by atoms with Crippen LogP contribution in [-0.4, -0.2) is 15.0 Å². The maximum Gasteiger partial charge on any atom is 0.157 e. The third-order valence-corrected chi connectivity index (χ3v) is 3.30. The molecule has 0 aliphatic heterocycles. The van der Waals surface area contributed by atoms with Gasteiger partial charge in [0.2, 0.25) is 0 Å². The summed E-state index contributed by atoms with van der Waals surface area (Å²) in [7, 11) is 0.